The van der Waals surface area contributed by atoms with Gasteiger partial charge < -0.3 is 0 Å². The normalized spacial score (nSPS) is 15.1. The van der Waals surface area contributed by atoms with Crippen molar-refractivity contribution >= 4 is 10.1 Å². The van der Waals surface area contributed by atoms with E-state index in [2.05, 4.69) is 0 Å². The zero-order chi connectivity index (χ0) is 9.50. The maximum Gasteiger partial charge on any atom is 0.270 e. The van der Waals surface area contributed by atoms with E-state index in [-0.39, 0.29) is 0 Å². The molecular formula is C7H16O3S. The van der Waals surface area contributed by atoms with Crippen molar-refractivity contribution in [2.45, 2.75) is 39.4 Å². The van der Waals surface area contributed by atoms with E-state index in [0.29, 0.717) is 0 Å². The molecule has 0 spiro atoms. The summed E-state index contributed by atoms with van der Waals surface area (Å²) in [5.74, 6) is 0. The summed E-state index contributed by atoms with van der Waals surface area (Å²) in [5, 5.41) is 0. The summed E-state index contributed by atoms with van der Waals surface area (Å²) in [6.45, 7) is 8.37. The van der Waals surface area contributed by atoms with Gasteiger partial charge in [0.25, 0.3) is 10.1 Å². The third kappa shape index (κ3) is 1.93. The summed E-state index contributed by atoms with van der Waals surface area (Å²) in [4.78, 5) is 0. The standard InChI is InChI=1S/C7H16O3S/c1-6(2,3)7(4,5)11(8,9)10/h1-5H3,(H,8,9,10). The van der Waals surface area contributed by atoms with Crippen molar-refractivity contribution in [2.75, 3.05) is 0 Å². The molecule has 0 rings (SSSR count). The van der Waals surface area contributed by atoms with Crippen LogP contribution >= 0.6 is 0 Å². The lowest BCUT2D eigenvalue weighted by Crippen LogP contribution is -2.43. The van der Waals surface area contributed by atoms with Crippen LogP contribution in [-0.4, -0.2) is 17.7 Å². The Kier molecular flexibility index (Phi) is 2.43. The maximum atomic E-state index is 10.9. The summed E-state index contributed by atoms with van der Waals surface area (Å²) in [6, 6.07) is 0. The SMILES string of the molecule is CC(C)(C)C(C)(C)S(=O)(=O)O. The zero-order valence-electron chi connectivity index (χ0n) is 7.67. The molecule has 0 heterocycles. The fourth-order valence-corrected chi connectivity index (χ4v) is 1.16. The topological polar surface area (TPSA) is 54.4 Å². The van der Waals surface area contributed by atoms with Crippen LogP contribution in [0.5, 0.6) is 0 Å². The van der Waals surface area contributed by atoms with E-state index < -0.39 is 20.3 Å². The van der Waals surface area contributed by atoms with Crippen LogP contribution in [-0.2, 0) is 10.1 Å². The van der Waals surface area contributed by atoms with Crippen molar-refractivity contribution in [3.05, 3.63) is 0 Å². The van der Waals surface area contributed by atoms with E-state index in [1.807, 2.05) is 0 Å². The Morgan fingerprint density at radius 2 is 1.27 bits per heavy atom. The van der Waals surface area contributed by atoms with Gasteiger partial charge in [0, 0.05) is 0 Å². The fraction of sp³-hybridized carbons (Fsp3) is 1.00. The highest BCUT2D eigenvalue weighted by molar-refractivity contribution is 7.87. The Labute approximate surface area is 68.6 Å². The van der Waals surface area contributed by atoms with Gasteiger partial charge >= 0.3 is 0 Å². The molecule has 0 unspecified atom stereocenters. The second-order valence-corrected chi connectivity index (χ2v) is 6.21. The Hall–Kier alpha value is -0.0900. The highest BCUT2D eigenvalue weighted by Gasteiger charge is 2.43. The molecule has 0 saturated heterocycles. The number of hydrogen-bond donors (Lipinski definition) is 1. The molecular weight excluding hydrogens is 164 g/mol. The largest absolute Gasteiger partial charge is 0.285 e. The molecule has 0 saturated carbocycles. The van der Waals surface area contributed by atoms with Gasteiger partial charge in [-0.1, -0.05) is 20.8 Å². The van der Waals surface area contributed by atoms with Crippen molar-refractivity contribution in [3.63, 3.8) is 0 Å². The minimum absolute atomic E-state index is 0.458. The third-order valence-corrected chi connectivity index (χ3v) is 4.35. The highest BCUT2D eigenvalue weighted by atomic mass is 32.2. The van der Waals surface area contributed by atoms with Crippen LogP contribution in [0.1, 0.15) is 34.6 Å². The van der Waals surface area contributed by atoms with Crippen molar-refractivity contribution < 1.29 is 13.0 Å². The van der Waals surface area contributed by atoms with Gasteiger partial charge in [-0.15, -0.1) is 0 Å². The summed E-state index contributed by atoms with van der Waals surface area (Å²) in [6.07, 6.45) is 0. The molecule has 4 heteroatoms. The van der Waals surface area contributed by atoms with Crippen LogP contribution in [0.4, 0.5) is 0 Å². The minimum Gasteiger partial charge on any atom is -0.285 e. The molecule has 0 aliphatic rings. The Bertz CT molecular complexity index is 231. The Morgan fingerprint density at radius 3 is 1.27 bits per heavy atom. The van der Waals surface area contributed by atoms with Gasteiger partial charge in [-0.3, -0.25) is 4.55 Å². The molecule has 0 amide bonds. The van der Waals surface area contributed by atoms with Gasteiger partial charge in [-0.2, -0.15) is 8.42 Å². The van der Waals surface area contributed by atoms with E-state index in [4.69, 9.17) is 4.55 Å². The second-order valence-electron chi connectivity index (χ2n) is 4.24. The van der Waals surface area contributed by atoms with Crippen molar-refractivity contribution in [1.82, 2.24) is 0 Å². The van der Waals surface area contributed by atoms with Gasteiger partial charge in [0.1, 0.15) is 0 Å². The Morgan fingerprint density at radius 1 is 1.00 bits per heavy atom. The lowest BCUT2D eigenvalue weighted by Gasteiger charge is -2.35. The molecule has 0 aliphatic carbocycles. The predicted molar refractivity (Wildman–Crippen MR) is 45.1 cm³/mol. The van der Waals surface area contributed by atoms with Crippen LogP contribution in [0, 0.1) is 5.41 Å². The van der Waals surface area contributed by atoms with Gasteiger partial charge in [0.15, 0.2) is 0 Å². The van der Waals surface area contributed by atoms with Gasteiger partial charge in [0.2, 0.25) is 0 Å². The van der Waals surface area contributed by atoms with Crippen LogP contribution in [0.3, 0.4) is 0 Å². The zero-order valence-corrected chi connectivity index (χ0v) is 8.49. The third-order valence-electron chi connectivity index (χ3n) is 2.45. The van der Waals surface area contributed by atoms with E-state index >= 15 is 0 Å². The van der Waals surface area contributed by atoms with Crippen LogP contribution in [0.25, 0.3) is 0 Å². The smallest absolute Gasteiger partial charge is 0.270 e. The first-order chi connectivity index (χ1) is 4.50. The summed E-state index contributed by atoms with van der Waals surface area (Å²) < 4.78 is 29.5. The lowest BCUT2D eigenvalue weighted by molar-refractivity contribution is 0.281. The highest BCUT2D eigenvalue weighted by Crippen LogP contribution is 2.35. The van der Waals surface area contributed by atoms with Crippen molar-refractivity contribution in [1.29, 1.82) is 0 Å². The quantitative estimate of drug-likeness (QED) is 0.625. The van der Waals surface area contributed by atoms with E-state index in [9.17, 15) is 8.42 Å². The maximum absolute atomic E-state index is 10.9. The van der Waals surface area contributed by atoms with Gasteiger partial charge in [0.05, 0.1) is 4.75 Å². The molecule has 0 aromatic carbocycles. The minimum atomic E-state index is -3.96. The first kappa shape index (κ1) is 10.9. The van der Waals surface area contributed by atoms with E-state index in [0.717, 1.165) is 0 Å². The molecule has 1 N–H and O–H groups in total. The number of rotatable bonds is 1. The van der Waals surface area contributed by atoms with Crippen molar-refractivity contribution in [2.24, 2.45) is 5.41 Å². The summed E-state index contributed by atoms with van der Waals surface area (Å²) in [5.41, 5.74) is -0.458. The monoisotopic (exact) mass is 180 g/mol. The van der Waals surface area contributed by atoms with Gasteiger partial charge in [-0.25, -0.2) is 0 Å². The molecule has 0 aromatic heterocycles. The molecule has 0 bridgehead atoms. The van der Waals surface area contributed by atoms with E-state index in [1.54, 1.807) is 20.8 Å². The Balaban J connectivity index is 5.08. The van der Waals surface area contributed by atoms with Gasteiger partial charge in [-0.05, 0) is 19.3 Å². The van der Waals surface area contributed by atoms with Crippen molar-refractivity contribution in [3.8, 4) is 0 Å². The average molecular weight is 180 g/mol. The average Bonchev–Trinajstić information content (AvgIpc) is 1.58. The molecule has 11 heavy (non-hydrogen) atoms. The molecule has 0 radical (unpaired) electrons. The first-order valence-corrected chi connectivity index (χ1v) is 4.91. The fourth-order valence-electron chi connectivity index (χ4n) is 0.387. The van der Waals surface area contributed by atoms with E-state index in [1.165, 1.54) is 13.8 Å². The molecule has 68 valence electrons. The number of hydrogen-bond acceptors (Lipinski definition) is 2. The predicted octanol–water partition coefficient (Wildman–Crippen LogP) is 1.70. The molecule has 0 atom stereocenters. The van der Waals surface area contributed by atoms with Crippen LogP contribution in [0.15, 0.2) is 0 Å². The second kappa shape index (κ2) is 2.45. The molecule has 0 fully saturated rings. The molecule has 3 nitrogen and oxygen atoms in total. The molecule has 0 aliphatic heterocycles. The van der Waals surface area contributed by atoms with Crippen LogP contribution < -0.4 is 0 Å². The molecule has 0 aromatic rings. The first-order valence-electron chi connectivity index (χ1n) is 3.47. The summed E-state index contributed by atoms with van der Waals surface area (Å²) >= 11 is 0. The lowest BCUT2D eigenvalue weighted by atomic mass is 9.83. The summed E-state index contributed by atoms with van der Waals surface area (Å²) in [7, 11) is -3.96. The van der Waals surface area contributed by atoms with Crippen LogP contribution in [0.2, 0.25) is 0 Å².